The van der Waals surface area contributed by atoms with Gasteiger partial charge in [0, 0.05) is 5.92 Å². The predicted octanol–water partition coefficient (Wildman–Crippen LogP) is 6.85. The third kappa shape index (κ3) is 3.34. The number of fused-ring (bicyclic) bond motifs is 5. The van der Waals surface area contributed by atoms with E-state index < -0.39 is 0 Å². The van der Waals surface area contributed by atoms with Crippen LogP contribution in [0.1, 0.15) is 85.5 Å². The molecule has 0 heterocycles. The SMILES string of the molecule is CC(O)[C@@]1(C)CCC2C3CC=C4CC(OCC5C=CC=CC5)CCC4(C)C3CCC21C. The lowest BCUT2D eigenvalue weighted by molar-refractivity contribution is -0.109. The maximum atomic E-state index is 10.7. The largest absolute Gasteiger partial charge is 0.393 e. The van der Waals surface area contributed by atoms with Gasteiger partial charge < -0.3 is 9.84 Å². The molecular weight excluding hydrogens is 380 g/mol. The predicted molar refractivity (Wildman–Crippen MR) is 128 cm³/mol. The van der Waals surface area contributed by atoms with Gasteiger partial charge in [-0.3, -0.25) is 0 Å². The summed E-state index contributed by atoms with van der Waals surface area (Å²) in [7, 11) is 0. The number of allylic oxidation sites excluding steroid dienone is 4. The first-order valence-corrected chi connectivity index (χ1v) is 13.1. The summed E-state index contributed by atoms with van der Waals surface area (Å²) in [5.74, 6) is 2.98. The fourth-order valence-corrected chi connectivity index (χ4v) is 8.77. The minimum Gasteiger partial charge on any atom is -0.393 e. The van der Waals surface area contributed by atoms with Gasteiger partial charge >= 0.3 is 0 Å². The second kappa shape index (κ2) is 7.87. The van der Waals surface area contributed by atoms with Gasteiger partial charge in [0.05, 0.1) is 18.8 Å². The zero-order valence-corrected chi connectivity index (χ0v) is 20.3. The molecule has 172 valence electrons. The molecule has 0 saturated heterocycles. The minimum absolute atomic E-state index is 0.0851. The average Bonchev–Trinajstić information content (AvgIpc) is 3.05. The Bertz CT molecular complexity index is 778. The van der Waals surface area contributed by atoms with Crippen molar-refractivity contribution in [1.82, 2.24) is 0 Å². The molecule has 9 atom stereocenters. The molecule has 31 heavy (non-hydrogen) atoms. The first kappa shape index (κ1) is 22.0. The second-order valence-electron chi connectivity index (χ2n) is 12.4. The van der Waals surface area contributed by atoms with E-state index in [-0.39, 0.29) is 11.5 Å². The first-order chi connectivity index (χ1) is 14.8. The lowest BCUT2D eigenvalue weighted by Gasteiger charge is -2.60. The van der Waals surface area contributed by atoms with Crippen molar-refractivity contribution in [3.63, 3.8) is 0 Å². The number of hydrogen-bond donors (Lipinski definition) is 1. The van der Waals surface area contributed by atoms with Crippen molar-refractivity contribution in [2.24, 2.45) is 39.9 Å². The van der Waals surface area contributed by atoms with Gasteiger partial charge in [-0.05, 0) is 98.7 Å². The molecule has 0 radical (unpaired) electrons. The number of aliphatic hydroxyl groups is 1. The molecule has 3 fully saturated rings. The van der Waals surface area contributed by atoms with Gasteiger partial charge in [0.2, 0.25) is 0 Å². The highest BCUT2D eigenvalue weighted by atomic mass is 16.5. The van der Waals surface area contributed by atoms with Crippen LogP contribution in [-0.2, 0) is 4.74 Å². The summed E-state index contributed by atoms with van der Waals surface area (Å²) in [5.41, 5.74) is 2.47. The molecule has 0 aromatic rings. The van der Waals surface area contributed by atoms with Crippen LogP contribution in [0.2, 0.25) is 0 Å². The molecule has 1 N–H and O–H groups in total. The van der Waals surface area contributed by atoms with Crippen molar-refractivity contribution in [1.29, 1.82) is 0 Å². The molecule has 8 unspecified atom stereocenters. The van der Waals surface area contributed by atoms with Crippen LogP contribution >= 0.6 is 0 Å². The van der Waals surface area contributed by atoms with E-state index in [1.807, 2.05) is 6.92 Å². The fourth-order valence-electron chi connectivity index (χ4n) is 8.77. The van der Waals surface area contributed by atoms with Crippen LogP contribution in [0.15, 0.2) is 36.0 Å². The van der Waals surface area contributed by atoms with E-state index >= 15 is 0 Å². The van der Waals surface area contributed by atoms with Crippen LogP contribution in [0, 0.1) is 39.9 Å². The number of aliphatic hydroxyl groups excluding tert-OH is 1. The highest BCUT2D eigenvalue weighted by molar-refractivity contribution is 5.26. The summed E-state index contributed by atoms with van der Waals surface area (Å²) in [4.78, 5) is 0. The molecule has 0 aliphatic heterocycles. The van der Waals surface area contributed by atoms with E-state index in [0.29, 0.717) is 22.9 Å². The maximum absolute atomic E-state index is 10.7. The Labute approximate surface area is 190 Å². The van der Waals surface area contributed by atoms with Crippen LogP contribution in [0.4, 0.5) is 0 Å². The van der Waals surface area contributed by atoms with E-state index in [4.69, 9.17) is 4.74 Å². The van der Waals surface area contributed by atoms with E-state index in [1.54, 1.807) is 5.57 Å². The normalized spacial score (nSPS) is 49.7. The second-order valence-corrected chi connectivity index (χ2v) is 12.4. The van der Waals surface area contributed by atoms with Crippen LogP contribution in [-0.4, -0.2) is 23.9 Å². The monoisotopic (exact) mass is 424 g/mol. The zero-order chi connectivity index (χ0) is 21.9. The zero-order valence-electron chi connectivity index (χ0n) is 20.3. The summed E-state index contributed by atoms with van der Waals surface area (Å²) in [5, 5.41) is 10.7. The summed E-state index contributed by atoms with van der Waals surface area (Å²) in [6.07, 6.45) is 22.9. The van der Waals surface area contributed by atoms with Gasteiger partial charge in [-0.1, -0.05) is 56.7 Å². The van der Waals surface area contributed by atoms with Crippen molar-refractivity contribution in [3.8, 4) is 0 Å². The molecule has 5 aliphatic rings. The Morgan fingerprint density at radius 3 is 2.58 bits per heavy atom. The van der Waals surface area contributed by atoms with Crippen molar-refractivity contribution in [3.05, 3.63) is 36.0 Å². The van der Waals surface area contributed by atoms with Gasteiger partial charge in [0.25, 0.3) is 0 Å². The number of hydrogen-bond acceptors (Lipinski definition) is 2. The van der Waals surface area contributed by atoms with Crippen LogP contribution in [0.5, 0.6) is 0 Å². The molecule has 0 spiro atoms. The first-order valence-electron chi connectivity index (χ1n) is 13.1. The van der Waals surface area contributed by atoms with Crippen molar-refractivity contribution >= 4 is 0 Å². The highest BCUT2D eigenvalue weighted by Gasteiger charge is 2.63. The van der Waals surface area contributed by atoms with Gasteiger partial charge in [-0.25, -0.2) is 0 Å². The highest BCUT2D eigenvalue weighted by Crippen LogP contribution is 2.70. The van der Waals surface area contributed by atoms with Crippen LogP contribution in [0.3, 0.4) is 0 Å². The lowest BCUT2D eigenvalue weighted by Crippen LogP contribution is -2.54. The smallest absolute Gasteiger partial charge is 0.0613 e. The van der Waals surface area contributed by atoms with E-state index in [1.165, 1.54) is 44.9 Å². The van der Waals surface area contributed by atoms with E-state index in [0.717, 1.165) is 37.2 Å². The summed E-state index contributed by atoms with van der Waals surface area (Å²) in [6.45, 7) is 10.4. The van der Waals surface area contributed by atoms with Crippen molar-refractivity contribution in [2.45, 2.75) is 97.7 Å². The maximum Gasteiger partial charge on any atom is 0.0613 e. The minimum atomic E-state index is -0.202. The Morgan fingerprint density at radius 2 is 1.84 bits per heavy atom. The van der Waals surface area contributed by atoms with Crippen LogP contribution < -0.4 is 0 Å². The molecule has 0 aromatic heterocycles. The number of rotatable bonds is 4. The summed E-state index contributed by atoms with van der Waals surface area (Å²) < 4.78 is 6.44. The standard InChI is InChI=1S/C29H44O2/c1-20(30)28(3)16-14-26-24-11-10-22-18-23(31-19-21-8-6-5-7-9-21)12-15-27(22,2)25(24)13-17-29(26,28)4/h5-8,10,20-21,23-26,30H,9,11-19H2,1-4H3/t20?,21?,23?,24?,25?,26?,27?,28-,29?/m1/s1. The Hall–Kier alpha value is -0.860. The average molecular weight is 425 g/mol. The van der Waals surface area contributed by atoms with Gasteiger partial charge in [0.15, 0.2) is 0 Å². The molecular formula is C29H44O2. The molecule has 0 aromatic carbocycles. The molecule has 2 heteroatoms. The summed E-state index contributed by atoms with van der Waals surface area (Å²) >= 11 is 0. The van der Waals surface area contributed by atoms with Crippen molar-refractivity contribution in [2.75, 3.05) is 6.61 Å². The third-order valence-electron chi connectivity index (χ3n) is 11.3. The molecule has 5 rings (SSSR count). The Balaban J connectivity index is 1.29. The molecule has 5 aliphatic carbocycles. The van der Waals surface area contributed by atoms with Crippen molar-refractivity contribution < 1.29 is 9.84 Å². The number of ether oxygens (including phenoxy) is 1. The fraction of sp³-hybridized carbons (Fsp3) is 0.793. The molecule has 3 saturated carbocycles. The molecule has 0 amide bonds. The van der Waals surface area contributed by atoms with E-state index in [9.17, 15) is 5.11 Å². The third-order valence-corrected chi connectivity index (χ3v) is 11.3. The van der Waals surface area contributed by atoms with Gasteiger partial charge in [-0.15, -0.1) is 0 Å². The van der Waals surface area contributed by atoms with E-state index in [2.05, 4.69) is 51.2 Å². The quantitative estimate of drug-likeness (QED) is 0.500. The summed E-state index contributed by atoms with van der Waals surface area (Å²) in [6, 6.07) is 0. The van der Waals surface area contributed by atoms with Gasteiger partial charge in [0.1, 0.15) is 0 Å². The molecule has 2 nitrogen and oxygen atoms in total. The van der Waals surface area contributed by atoms with Crippen LogP contribution in [0.25, 0.3) is 0 Å². The topological polar surface area (TPSA) is 29.5 Å². The van der Waals surface area contributed by atoms with Gasteiger partial charge in [-0.2, -0.15) is 0 Å². The Kier molecular flexibility index (Phi) is 5.58. The Morgan fingerprint density at radius 1 is 1.03 bits per heavy atom. The molecule has 0 bridgehead atoms. The lowest BCUT2D eigenvalue weighted by atomic mass is 9.45.